The predicted octanol–water partition coefficient (Wildman–Crippen LogP) is -1.36. The van der Waals surface area contributed by atoms with E-state index in [1.54, 1.807) is 0 Å². The molecule has 0 aromatic carbocycles. The van der Waals surface area contributed by atoms with Gasteiger partial charge in [0.25, 0.3) is 0 Å². The van der Waals surface area contributed by atoms with Crippen LogP contribution in [0, 0.1) is 0 Å². The smallest absolute Gasteiger partial charge is 0.0773 e. The predicted molar refractivity (Wildman–Crippen MR) is 53.6 cm³/mol. The zero-order chi connectivity index (χ0) is 8.65. The average Bonchev–Trinajstić information content (AvgIpc) is 2.57. The lowest BCUT2D eigenvalue weighted by molar-refractivity contribution is -0.887. The van der Waals surface area contributed by atoms with E-state index in [4.69, 9.17) is 0 Å². The minimum atomic E-state index is 0. The summed E-state index contributed by atoms with van der Waals surface area (Å²) in [6.45, 7) is 6.64. The molecular weight excluding hydrogens is 165 g/mol. The molecule has 1 fully saturated rings. The monoisotopic (exact) mass is 189 g/mol. The van der Waals surface area contributed by atoms with Gasteiger partial charge >= 0.3 is 0 Å². The minimum Gasteiger partial charge on any atom is -1.00 e. The second-order valence-corrected chi connectivity index (χ2v) is 4.12. The molecule has 0 amide bonds. The maximum Gasteiger partial charge on any atom is 0.0773 e. The quantitative estimate of drug-likeness (QED) is 0.492. The Balaban J connectivity index is 0.00000144. The van der Waals surface area contributed by atoms with Crippen LogP contribution < -0.4 is 9.60 Å². The van der Waals surface area contributed by atoms with Gasteiger partial charge in [0, 0.05) is 12.8 Å². The van der Waals surface area contributed by atoms with E-state index in [9.17, 15) is 0 Å². The van der Waals surface area contributed by atoms with E-state index in [-0.39, 0.29) is 4.70 Å². The molecule has 0 aliphatic carbocycles. The lowest BCUT2D eigenvalue weighted by Gasteiger charge is -2.10. The summed E-state index contributed by atoms with van der Waals surface area (Å²) < 4.78 is 0. The summed E-state index contributed by atoms with van der Waals surface area (Å²) in [6.07, 6.45) is 10.2. The van der Waals surface area contributed by atoms with Crippen LogP contribution in [0.4, 0.5) is 0 Å². The number of hydrogen-bond donors (Lipinski definition) is 1. The van der Waals surface area contributed by atoms with Crippen molar-refractivity contribution in [3.63, 3.8) is 0 Å². The van der Waals surface area contributed by atoms with Crippen molar-refractivity contribution in [2.75, 3.05) is 19.6 Å². The molecule has 1 nitrogen and oxygen atoms in total. The number of likely N-dealkylation sites (tertiary alicyclic amines) is 1. The van der Waals surface area contributed by atoms with Crippen molar-refractivity contribution in [1.29, 1.82) is 0 Å². The van der Waals surface area contributed by atoms with Crippen LogP contribution in [0.3, 0.4) is 0 Å². The fraction of sp³-hybridized carbons (Fsp3) is 1.00. The van der Waals surface area contributed by atoms with Crippen LogP contribution in [-0.2, 0) is 0 Å². The highest BCUT2D eigenvalue weighted by Gasteiger charge is 2.13. The highest BCUT2D eigenvalue weighted by atomic mass is 19.0. The third-order valence-electron chi connectivity index (χ3n) is 2.94. The molecule has 1 N–H and O–H groups in total. The Hall–Kier alpha value is -0.110. The van der Waals surface area contributed by atoms with Gasteiger partial charge in [-0.1, -0.05) is 26.2 Å². The third kappa shape index (κ3) is 6.03. The highest BCUT2D eigenvalue weighted by molar-refractivity contribution is 4.46. The molecule has 0 spiro atoms. The molecule has 0 radical (unpaired) electrons. The van der Waals surface area contributed by atoms with Crippen molar-refractivity contribution in [3.05, 3.63) is 0 Å². The lowest BCUT2D eigenvalue weighted by Crippen LogP contribution is -3.09. The molecular formula is C11H24FN. The third-order valence-corrected chi connectivity index (χ3v) is 2.94. The number of halogens is 1. The molecule has 0 atom stereocenters. The summed E-state index contributed by atoms with van der Waals surface area (Å²) in [4.78, 5) is 1.87. The zero-order valence-electron chi connectivity index (χ0n) is 8.95. The van der Waals surface area contributed by atoms with Crippen molar-refractivity contribution in [2.45, 2.75) is 51.9 Å². The van der Waals surface area contributed by atoms with E-state index in [0.29, 0.717) is 0 Å². The van der Waals surface area contributed by atoms with Gasteiger partial charge in [-0.2, -0.15) is 0 Å². The first-order valence-electron chi connectivity index (χ1n) is 5.77. The highest BCUT2D eigenvalue weighted by Crippen LogP contribution is 2.00. The summed E-state index contributed by atoms with van der Waals surface area (Å²) in [5, 5.41) is 0. The molecule has 0 bridgehead atoms. The van der Waals surface area contributed by atoms with Gasteiger partial charge in [-0.25, -0.2) is 0 Å². The van der Waals surface area contributed by atoms with Gasteiger partial charge in [0.1, 0.15) is 0 Å². The second-order valence-electron chi connectivity index (χ2n) is 4.12. The number of hydrogen-bond acceptors (Lipinski definition) is 0. The van der Waals surface area contributed by atoms with Crippen LogP contribution >= 0.6 is 0 Å². The van der Waals surface area contributed by atoms with E-state index in [1.165, 1.54) is 64.6 Å². The lowest BCUT2D eigenvalue weighted by atomic mass is 10.1. The normalized spacial score (nSPS) is 17.3. The molecule has 1 aliphatic heterocycles. The molecule has 1 aliphatic rings. The van der Waals surface area contributed by atoms with Gasteiger partial charge in [-0.15, -0.1) is 0 Å². The van der Waals surface area contributed by atoms with Crippen LogP contribution in [0.15, 0.2) is 0 Å². The standard InChI is InChI=1S/C11H23N.FH/c1-2-3-4-5-6-9-12-10-7-8-11-12;/h2-11H2,1H3;1H. The molecule has 1 rings (SSSR count). The van der Waals surface area contributed by atoms with Crippen LogP contribution in [0.25, 0.3) is 0 Å². The summed E-state index contributed by atoms with van der Waals surface area (Å²) in [5.74, 6) is 0. The average molecular weight is 189 g/mol. The Kier molecular flexibility index (Phi) is 8.41. The van der Waals surface area contributed by atoms with E-state index in [2.05, 4.69) is 6.92 Å². The SMILES string of the molecule is CCCCCCC[NH+]1CCCC1.[F-]. The largest absolute Gasteiger partial charge is 1.00 e. The van der Waals surface area contributed by atoms with Crippen LogP contribution in [0.1, 0.15) is 51.9 Å². The second kappa shape index (κ2) is 8.49. The fourth-order valence-corrected chi connectivity index (χ4v) is 2.10. The van der Waals surface area contributed by atoms with Crippen LogP contribution in [0.2, 0.25) is 0 Å². The molecule has 0 unspecified atom stereocenters. The van der Waals surface area contributed by atoms with Crippen molar-refractivity contribution >= 4 is 0 Å². The molecule has 13 heavy (non-hydrogen) atoms. The van der Waals surface area contributed by atoms with E-state index < -0.39 is 0 Å². The molecule has 2 heteroatoms. The molecule has 0 saturated carbocycles. The van der Waals surface area contributed by atoms with Crippen LogP contribution in [-0.4, -0.2) is 19.6 Å². The first-order chi connectivity index (χ1) is 5.93. The van der Waals surface area contributed by atoms with Gasteiger partial charge < -0.3 is 9.60 Å². The minimum absolute atomic E-state index is 0. The van der Waals surface area contributed by atoms with Gasteiger partial charge in [0.05, 0.1) is 19.6 Å². The maximum atomic E-state index is 2.28. The van der Waals surface area contributed by atoms with Gasteiger partial charge in [0.15, 0.2) is 0 Å². The fourth-order valence-electron chi connectivity index (χ4n) is 2.10. The number of unbranched alkanes of at least 4 members (excludes halogenated alkanes) is 4. The van der Waals surface area contributed by atoms with E-state index in [1.807, 2.05) is 4.90 Å². The van der Waals surface area contributed by atoms with Crippen molar-refractivity contribution in [1.82, 2.24) is 0 Å². The number of nitrogens with one attached hydrogen (secondary N) is 1. The topological polar surface area (TPSA) is 4.44 Å². The Morgan fingerprint density at radius 1 is 0.923 bits per heavy atom. The molecule has 0 aromatic rings. The van der Waals surface area contributed by atoms with Crippen LogP contribution in [0.5, 0.6) is 0 Å². The first-order valence-corrected chi connectivity index (χ1v) is 5.77. The number of quaternary nitrogens is 1. The van der Waals surface area contributed by atoms with E-state index >= 15 is 0 Å². The van der Waals surface area contributed by atoms with Gasteiger partial charge in [0.2, 0.25) is 0 Å². The summed E-state index contributed by atoms with van der Waals surface area (Å²) >= 11 is 0. The first kappa shape index (κ1) is 12.9. The van der Waals surface area contributed by atoms with Crippen molar-refractivity contribution in [2.24, 2.45) is 0 Å². The van der Waals surface area contributed by atoms with Gasteiger partial charge in [-0.3, -0.25) is 0 Å². The van der Waals surface area contributed by atoms with Crippen molar-refractivity contribution in [3.8, 4) is 0 Å². The Bertz CT molecular complexity index is 100. The molecule has 0 aromatic heterocycles. The number of rotatable bonds is 6. The zero-order valence-corrected chi connectivity index (χ0v) is 8.95. The molecule has 80 valence electrons. The molecule has 1 heterocycles. The van der Waals surface area contributed by atoms with E-state index in [0.717, 1.165) is 0 Å². The maximum absolute atomic E-state index is 2.28. The Morgan fingerprint density at radius 2 is 1.54 bits per heavy atom. The Morgan fingerprint density at radius 3 is 2.15 bits per heavy atom. The summed E-state index contributed by atoms with van der Waals surface area (Å²) in [6, 6.07) is 0. The summed E-state index contributed by atoms with van der Waals surface area (Å²) in [7, 11) is 0. The van der Waals surface area contributed by atoms with Crippen molar-refractivity contribution < 1.29 is 9.60 Å². The Labute approximate surface area is 81.9 Å². The summed E-state index contributed by atoms with van der Waals surface area (Å²) in [5.41, 5.74) is 0. The van der Waals surface area contributed by atoms with Gasteiger partial charge in [-0.05, 0) is 12.8 Å². The molecule has 1 saturated heterocycles.